The van der Waals surface area contributed by atoms with Crippen molar-refractivity contribution in [3.05, 3.63) is 58.6 Å². The molecule has 0 radical (unpaired) electrons. The highest BCUT2D eigenvalue weighted by Crippen LogP contribution is 2.21. The van der Waals surface area contributed by atoms with Crippen LogP contribution in [-0.2, 0) is 4.79 Å². The lowest BCUT2D eigenvalue weighted by Crippen LogP contribution is -2.23. The van der Waals surface area contributed by atoms with Gasteiger partial charge in [0.15, 0.2) is 0 Å². The van der Waals surface area contributed by atoms with E-state index in [0.29, 0.717) is 11.3 Å². The van der Waals surface area contributed by atoms with E-state index in [0.717, 1.165) is 10.2 Å². The Labute approximate surface area is 131 Å². The second-order valence-corrected chi connectivity index (χ2v) is 5.42. The van der Waals surface area contributed by atoms with E-state index in [1.54, 1.807) is 37.4 Å². The Morgan fingerprint density at radius 2 is 1.81 bits per heavy atom. The fraction of sp³-hybridized carbons (Fsp3) is 0.125. The molecule has 2 aromatic carbocycles. The lowest BCUT2D eigenvalue weighted by Gasteiger charge is -2.16. The number of rotatable bonds is 3. The third-order valence-electron chi connectivity index (χ3n) is 3.08. The predicted molar refractivity (Wildman–Crippen MR) is 87.6 cm³/mol. The van der Waals surface area contributed by atoms with Gasteiger partial charge in [-0.15, -0.1) is 0 Å². The average molecular weight is 347 g/mol. The van der Waals surface area contributed by atoms with Crippen molar-refractivity contribution >= 4 is 39.1 Å². The Morgan fingerprint density at radius 1 is 1.10 bits per heavy atom. The molecule has 0 aliphatic heterocycles. The number of benzene rings is 2. The molecule has 21 heavy (non-hydrogen) atoms. The Bertz CT molecular complexity index is 685. The molecule has 0 saturated carbocycles. The summed E-state index contributed by atoms with van der Waals surface area (Å²) in [6, 6.07) is 14.4. The molecular weight excluding hydrogens is 332 g/mol. The highest BCUT2D eigenvalue weighted by Gasteiger charge is 2.11. The molecule has 4 nitrogen and oxygen atoms in total. The molecule has 0 aliphatic carbocycles. The molecule has 0 bridgehead atoms. The second-order valence-electron chi connectivity index (χ2n) is 4.56. The molecule has 0 heterocycles. The molecule has 0 atom stereocenters. The van der Waals surface area contributed by atoms with Gasteiger partial charge in [-0.25, -0.2) is 0 Å². The molecule has 0 saturated heterocycles. The summed E-state index contributed by atoms with van der Waals surface area (Å²) in [7, 11) is 1.69. The fourth-order valence-electron chi connectivity index (χ4n) is 1.82. The normalized spacial score (nSPS) is 10.0. The Hall–Kier alpha value is -2.14. The topological polar surface area (TPSA) is 49.4 Å². The third-order valence-corrected chi connectivity index (χ3v) is 3.77. The first-order chi connectivity index (χ1) is 9.99. The van der Waals surface area contributed by atoms with E-state index in [4.69, 9.17) is 0 Å². The highest BCUT2D eigenvalue weighted by molar-refractivity contribution is 9.10. The third kappa shape index (κ3) is 3.70. The van der Waals surface area contributed by atoms with Gasteiger partial charge in [0.1, 0.15) is 0 Å². The van der Waals surface area contributed by atoms with Gasteiger partial charge in [0.05, 0.1) is 5.56 Å². The second kappa shape index (κ2) is 6.54. The van der Waals surface area contributed by atoms with Crippen molar-refractivity contribution in [1.82, 2.24) is 0 Å². The zero-order valence-corrected chi connectivity index (χ0v) is 13.3. The quantitative estimate of drug-likeness (QED) is 0.921. The van der Waals surface area contributed by atoms with Crippen LogP contribution in [0.3, 0.4) is 0 Å². The fourth-order valence-corrected chi connectivity index (χ4v) is 2.28. The van der Waals surface area contributed by atoms with Crippen molar-refractivity contribution in [1.29, 1.82) is 0 Å². The molecule has 0 spiro atoms. The maximum Gasteiger partial charge on any atom is 0.256 e. The number of nitrogens with one attached hydrogen (secondary N) is 1. The van der Waals surface area contributed by atoms with Crippen molar-refractivity contribution < 1.29 is 9.59 Å². The SMILES string of the molecule is CC(=O)N(C)c1cccc(NC(=O)c2ccccc2Br)c1. The number of carbonyl (C=O) groups is 2. The first-order valence-electron chi connectivity index (χ1n) is 6.39. The number of hydrogen-bond acceptors (Lipinski definition) is 2. The Morgan fingerprint density at radius 3 is 2.48 bits per heavy atom. The zero-order valence-electron chi connectivity index (χ0n) is 11.8. The first-order valence-corrected chi connectivity index (χ1v) is 7.18. The van der Waals surface area contributed by atoms with Gasteiger partial charge in [-0.1, -0.05) is 18.2 Å². The molecule has 2 amide bonds. The van der Waals surface area contributed by atoms with Gasteiger partial charge in [-0.2, -0.15) is 0 Å². The van der Waals surface area contributed by atoms with Crippen LogP contribution in [0.25, 0.3) is 0 Å². The summed E-state index contributed by atoms with van der Waals surface area (Å²) in [6.45, 7) is 1.49. The van der Waals surface area contributed by atoms with Gasteiger partial charge in [-0.3, -0.25) is 9.59 Å². The summed E-state index contributed by atoms with van der Waals surface area (Å²) in [6.07, 6.45) is 0. The minimum Gasteiger partial charge on any atom is -0.322 e. The maximum absolute atomic E-state index is 12.2. The van der Waals surface area contributed by atoms with Crippen LogP contribution in [0.5, 0.6) is 0 Å². The molecule has 2 rings (SSSR count). The van der Waals surface area contributed by atoms with Crippen molar-refractivity contribution in [2.24, 2.45) is 0 Å². The van der Waals surface area contributed by atoms with Crippen molar-refractivity contribution in [2.75, 3.05) is 17.3 Å². The van der Waals surface area contributed by atoms with E-state index in [2.05, 4.69) is 21.2 Å². The standard InChI is InChI=1S/C16H15BrN2O2/c1-11(20)19(2)13-7-5-6-12(10-13)18-16(21)14-8-3-4-9-15(14)17/h3-10H,1-2H3,(H,18,21). The molecule has 0 fully saturated rings. The summed E-state index contributed by atoms with van der Waals surface area (Å²) in [5.41, 5.74) is 1.93. The van der Waals surface area contributed by atoms with Crippen LogP contribution in [0.1, 0.15) is 17.3 Å². The molecular formula is C16H15BrN2O2. The molecule has 5 heteroatoms. The predicted octanol–water partition coefficient (Wildman–Crippen LogP) is 3.68. The van der Waals surface area contributed by atoms with Crippen LogP contribution in [0.2, 0.25) is 0 Å². The van der Waals surface area contributed by atoms with Crippen LogP contribution < -0.4 is 10.2 Å². The number of halogens is 1. The minimum atomic E-state index is -0.204. The summed E-state index contributed by atoms with van der Waals surface area (Å²) in [5.74, 6) is -0.269. The van der Waals surface area contributed by atoms with Gasteiger partial charge >= 0.3 is 0 Å². The van der Waals surface area contributed by atoms with Crippen LogP contribution in [0, 0.1) is 0 Å². The smallest absolute Gasteiger partial charge is 0.256 e. The molecule has 2 aromatic rings. The van der Waals surface area contributed by atoms with Gasteiger partial charge < -0.3 is 10.2 Å². The van der Waals surface area contributed by atoms with Gasteiger partial charge in [0.25, 0.3) is 5.91 Å². The van der Waals surface area contributed by atoms with E-state index in [1.165, 1.54) is 11.8 Å². The van der Waals surface area contributed by atoms with Gasteiger partial charge in [-0.05, 0) is 46.3 Å². The molecule has 0 aromatic heterocycles. The van der Waals surface area contributed by atoms with Crippen molar-refractivity contribution in [3.63, 3.8) is 0 Å². The maximum atomic E-state index is 12.2. The lowest BCUT2D eigenvalue weighted by molar-refractivity contribution is -0.116. The summed E-state index contributed by atoms with van der Waals surface area (Å²) >= 11 is 3.35. The molecule has 108 valence electrons. The minimum absolute atomic E-state index is 0.0655. The van der Waals surface area contributed by atoms with E-state index in [-0.39, 0.29) is 11.8 Å². The van der Waals surface area contributed by atoms with Gasteiger partial charge in [0.2, 0.25) is 5.91 Å². The first kappa shape index (κ1) is 15.3. The zero-order chi connectivity index (χ0) is 15.4. The lowest BCUT2D eigenvalue weighted by atomic mass is 10.2. The molecule has 0 aliphatic rings. The van der Waals surface area contributed by atoms with Crippen LogP contribution in [0.15, 0.2) is 53.0 Å². The number of nitrogens with zero attached hydrogens (tertiary/aromatic N) is 1. The van der Waals surface area contributed by atoms with Crippen LogP contribution in [0.4, 0.5) is 11.4 Å². The van der Waals surface area contributed by atoms with E-state index in [1.807, 2.05) is 18.2 Å². The number of hydrogen-bond donors (Lipinski definition) is 1. The summed E-state index contributed by atoms with van der Waals surface area (Å²) in [4.78, 5) is 25.1. The van der Waals surface area contributed by atoms with Crippen molar-refractivity contribution in [2.45, 2.75) is 6.92 Å². The Kier molecular flexibility index (Phi) is 4.75. The summed E-state index contributed by atoms with van der Waals surface area (Å²) in [5, 5.41) is 2.83. The molecule has 1 N–H and O–H groups in total. The average Bonchev–Trinajstić information content (AvgIpc) is 2.47. The molecule has 0 unspecified atom stereocenters. The number of amides is 2. The van der Waals surface area contributed by atoms with Crippen LogP contribution >= 0.6 is 15.9 Å². The van der Waals surface area contributed by atoms with E-state index in [9.17, 15) is 9.59 Å². The van der Waals surface area contributed by atoms with E-state index >= 15 is 0 Å². The van der Waals surface area contributed by atoms with Crippen molar-refractivity contribution in [3.8, 4) is 0 Å². The Balaban J connectivity index is 2.21. The monoisotopic (exact) mass is 346 g/mol. The number of carbonyl (C=O) groups excluding carboxylic acids is 2. The van der Waals surface area contributed by atoms with Gasteiger partial charge in [0, 0.05) is 29.8 Å². The largest absolute Gasteiger partial charge is 0.322 e. The number of anilines is 2. The highest BCUT2D eigenvalue weighted by atomic mass is 79.9. The van der Waals surface area contributed by atoms with Crippen LogP contribution in [-0.4, -0.2) is 18.9 Å². The summed E-state index contributed by atoms with van der Waals surface area (Å²) < 4.78 is 0.736. The van der Waals surface area contributed by atoms with E-state index < -0.39 is 0 Å².